The van der Waals surface area contributed by atoms with Crippen LogP contribution in [0.4, 0.5) is 0 Å². The first-order valence-electron chi connectivity index (χ1n) is 10.8. The van der Waals surface area contributed by atoms with Gasteiger partial charge in [0.05, 0.1) is 33.4 Å². The van der Waals surface area contributed by atoms with Crippen molar-refractivity contribution in [3.8, 4) is 17.2 Å². The Kier molecular flexibility index (Phi) is 8.17. The Bertz CT molecular complexity index is 798. The maximum atomic E-state index is 12.3. The lowest BCUT2D eigenvalue weighted by molar-refractivity contribution is -0.127. The van der Waals surface area contributed by atoms with Crippen LogP contribution in [0.3, 0.4) is 0 Å². The van der Waals surface area contributed by atoms with Crippen molar-refractivity contribution in [1.82, 2.24) is 15.1 Å². The lowest BCUT2D eigenvalue weighted by Crippen LogP contribution is -2.40. The highest BCUT2D eigenvalue weighted by Crippen LogP contribution is 2.40. The van der Waals surface area contributed by atoms with Crippen LogP contribution in [0.1, 0.15) is 31.2 Å². The number of nitrogens with one attached hydrogen (secondary N) is 1. The normalized spacial score (nSPS) is 16.8. The van der Waals surface area contributed by atoms with E-state index in [9.17, 15) is 9.59 Å². The van der Waals surface area contributed by atoms with Crippen LogP contribution in [-0.2, 0) is 9.59 Å². The fourth-order valence-electron chi connectivity index (χ4n) is 4.10. The van der Waals surface area contributed by atoms with Crippen molar-refractivity contribution in [3.63, 3.8) is 0 Å². The molecule has 2 aliphatic heterocycles. The molecule has 0 saturated carbocycles. The molecule has 2 amide bonds. The molecule has 0 atom stereocenters. The van der Waals surface area contributed by atoms with Crippen LogP contribution >= 0.6 is 0 Å². The fourth-order valence-corrected chi connectivity index (χ4v) is 4.10. The molecule has 2 heterocycles. The van der Waals surface area contributed by atoms with Gasteiger partial charge in [-0.1, -0.05) is 6.08 Å². The van der Waals surface area contributed by atoms with E-state index in [-0.39, 0.29) is 11.8 Å². The predicted octanol–water partition coefficient (Wildman–Crippen LogP) is 1.93. The number of amides is 2. The van der Waals surface area contributed by atoms with E-state index in [4.69, 9.17) is 14.2 Å². The third kappa shape index (κ3) is 5.91. The van der Waals surface area contributed by atoms with E-state index in [1.54, 1.807) is 21.3 Å². The number of carbonyl (C=O) groups excluding carboxylic acids is 2. The Morgan fingerprint density at radius 3 is 2.35 bits per heavy atom. The van der Waals surface area contributed by atoms with E-state index in [1.807, 2.05) is 17.0 Å². The quantitative estimate of drug-likeness (QED) is 0.571. The maximum Gasteiger partial charge on any atom is 0.234 e. The van der Waals surface area contributed by atoms with Gasteiger partial charge in [0, 0.05) is 51.3 Å². The third-order valence-corrected chi connectivity index (χ3v) is 5.79. The number of rotatable bonds is 10. The summed E-state index contributed by atoms with van der Waals surface area (Å²) in [6.07, 6.45) is 5.32. The summed E-state index contributed by atoms with van der Waals surface area (Å²) in [6, 6.07) is 3.71. The van der Waals surface area contributed by atoms with Crippen molar-refractivity contribution in [2.45, 2.75) is 25.7 Å². The van der Waals surface area contributed by atoms with E-state index >= 15 is 0 Å². The van der Waals surface area contributed by atoms with Gasteiger partial charge in [-0.25, -0.2) is 0 Å². The van der Waals surface area contributed by atoms with Crippen molar-refractivity contribution in [1.29, 1.82) is 0 Å². The number of ether oxygens (including phenoxy) is 3. The molecule has 8 nitrogen and oxygen atoms in total. The highest BCUT2D eigenvalue weighted by Gasteiger charge is 2.22. The van der Waals surface area contributed by atoms with Crippen molar-refractivity contribution in [3.05, 3.63) is 23.8 Å². The summed E-state index contributed by atoms with van der Waals surface area (Å²) in [4.78, 5) is 27.9. The largest absolute Gasteiger partial charge is 0.496 e. The van der Waals surface area contributed by atoms with Gasteiger partial charge in [0.2, 0.25) is 11.8 Å². The molecule has 0 aromatic heterocycles. The number of benzene rings is 1. The summed E-state index contributed by atoms with van der Waals surface area (Å²) in [6.45, 7) is 3.99. The van der Waals surface area contributed by atoms with Gasteiger partial charge < -0.3 is 24.4 Å². The summed E-state index contributed by atoms with van der Waals surface area (Å²) in [5.41, 5.74) is 2.08. The molecule has 3 rings (SSSR count). The standard InChI is InChI=1S/C23H33N3O5/c1-29-18-14-19(30-2)23(20(15-18)31-3)17-7-12-25(13-8-17)16-21(27)24-9-5-11-26-10-4-6-22(26)28/h7,14-15H,4-6,8-13,16H2,1-3H3,(H,24,27). The van der Waals surface area contributed by atoms with Crippen molar-refractivity contribution < 1.29 is 23.8 Å². The van der Waals surface area contributed by atoms with E-state index in [0.717, 1.165) is 50.0 Å². The van der Waals surface area contributed by atoms with Gasteiger partial charge in [-0.05, 0) is 24.8 Å². The van der Waals surface area contributed by atoms with Crippen LogP contribution in [0.15, 0.2) is 18.2 Å². The summed E-state index contributed by atoms with van der Waals surface area (Å²) in [5, 5.41) is 2.97. The summed E-state index contributed by atoms with van der Waals surface area (Å²) < 4.78 is 16.5. The Balaban J connectivity index is 1.50. The van der Waals surface area contributed by atoms with Crippen LogP contribution in [0.2, 0.25) is 0 Å². The first kappa shape index (κ1) is 22.9. The molecule has 1 aromatic rings. The lowest BCUT2D eigenvalue weighted by Gasteiger charge is -2.27. The molecule has 8 heteroatoms. The zero-order valence-corrected chi connectivity index (χ0v) is 18.7. The van der Waals surface area contributed by atoms with E-state index < -0.39 is 0 Å². The highest BCUT2D eigenvalue weighted by molar-refractivity contribution is 5.80. The number of carbonyl (C=O) groups is 2. The average Bonchev–Trinajstić information content (AvgIpc) is 3.20. The van der Waals surface area contributed by atoms with Crippen molar-refractivity contribution >= 4 is 17.4 Å². The molecular weight excluding hydrogens is 398 g/mol. The molecule has 0 aliphatic carbocycles. The third-order valence-electron chi connectivity index (χ3n) is 5.79. The first-order chi connectivity index (χ1) is 15.0. The molecule has 0 spiro atoms. The number of nitrogens with zero attached hydrogens (tertiary/aromatic N) is 2. The zero-order chi connectivity index (χ0) is 22.2. The molecule has 0 radical (unpaired) electrons. The van der Waals surface area contributed by atoms with Gasteiger partial charge in [-0.2, -0.15) is 0 Å². The minimum atomic E-state index is 0.0178. The summed E-state index contributed by atoms with van der Waals surface area (Å²) in [5.74, 6) is 2.35. The minimum Gasteiger partial charge on any atom is -0.496 e. The molecule has 1 fully saturated rings. The second kappa shape index (κ2) is 11.0. The smallest absolute Gasteiger partial charge is 0.234 e. The molecule has 31 heavy (non-hydrogen) atoms. The van der Waals surface area contributed by atoms with Crippen LogP contribution in [0.5, 0.6) is 17.2 Å². The topological polar surface area (TPSA) is 80.3 Å². The second-order valence-electron chi connectivity index (χ2n) is 7.81. The summed E-state index contributed by atoms with van der Waals surface area (Å²) >= 11 is 0. The van der Waals surface area contributed by atoms with Crippen molar-refractivity contribution in [2.75, 3.05) is 60.6 Å². The van der Waals surface area contributed by atoms with E-state index in [2.05, 4.69) is 16.3 Å². The lowest BCUT2D eigenvalue weighted by atomic mass is 9.97. The van der Waals surface area contributed by atoms with Gasteiger partial charge in [0.15, 0.2) is 0 Å². The van der Waals surface area contributed by atoms with Gasteiger partial charge >= 0.3 is 0 Å². The summed E-state index contributed by atoms with van der Waals surface area (Å²) in [7, 11) is 4.89. The average molecular weight is 432 g/mol. The van der Waals surface area contributed by atoms with Crippen LogP contribution in [0, 0.1) is 0 Å². The number of hydrogen-bond acceptors (Lipinski definition) is 6. The zero-order valence-electron chi connectivity index (χ0n) is 18.7. The molecule has 170 valence electrons. The van der Waals surface area contributed by atoms with Crippen LogP contribution < -0.4 is 19.5 Å². The predicted molar refractivity (Wildman–Crippen MR) is 119 cm³/mol. The number of methoxy groups -OCH3 is 3. The van der Waals surface area contributed by atoms with E-state index in [1.165, 1.54) is 0 Å². The molecular formula is C23H33N3O5. The number of likely N-dealkylation sites (tertiary alicyclic amines) is 1. The first-order valence-corrected chi connectivity index (χ1v) is 10.8. The SMILES string of the molecule is COc1cc(OC)c(C2=CCN(CC(=O)NCCCN3CCCC3=O)CC2)c(OC)c1. The van der Waals surface area contributed by atoms with Gasteiger partial charge in [0.25, 0.3) is 0 Å². The van der Waals surface area contributed by atoms with Crippen LogP contribution in [0.25, 0.3) is 5.57 Å². The molecule has 1 aromatic carbocycles. The Morgan fingerprint density at radius 2 is 1.81 bits per heavy atom. The van der Waals surface area contributed by atoms with Gasteiger partial charge in [0.1, 0.15) is 17.2 Å². The molecule has 2 aliphatic rings. The Labute approximate surface area is 184 Å². The maximum absolute atomic E-state index is 12.3. The molecule has 0 unspecified atom stereocenters. The Morgan fingerprint density at radius 1 is 1.06 bits per heavy atom. The molecule has 1 N–H and O–H groups in total. The molecule has 0 bridgehead atoms. The van der Waals surface area contributed by atoms with Crippen LogP contribution in [-0.4, -0.2) is 82.2 Å². The second-order valence-corrected chi connectivity index (χ2v) is 7.81. The molecule has 1 saturated heterocycles. The van der Waals surface area contributed by atoms with E-state index in [0.29, 0.717) is 43.3 Å². The Hall–Kier alpha value is -2.74. The number of hydrogen-bond donors (Lipinski definition) is 1. The van der Waals surface area contributed by atoms with Gasteiger partial charge in [-0.15, -0.1) is 0 Å². The highest BCUT2D eigenvalue weighted by atomic mass is 16.5. The minimum absolute atomic E-state index is 0.0178. The van der Waals surface area contributed by atoms with Gasteiger partial charge in [-0.3, -0.25) is 14.5 Å². The monoisotopic (exact) mass is 431 g/mol. The fraction of sp³-hybridized carbons (Fsp3) is 0.565. The van der Waals surface area contributed by atoms with Crippen molar-refractivity contribution in [2.24, 2.45) is 0 Å².